The maximum absolute atomic E-state index is 11.2. The van der Waals surface area contributed by atoms with Crippen LogP contribution in [0.5, 0.6) is 5.75 Å². The summed E-state index contributed by atoms with van der Waals surface area (Å²) in [6.45, 7) is 2.18. The van der Waals surface area contributed by atoms with Gasteiger partial charge in [-0.2, -0.15) is 0 Å². The molecule has 25 heavy (non-hydrogen) atoms. The van der Waals surface area contributed by atoms with Crippen molar-refractivity contribution in [2.45, 2.75) is 13.3 Å². The second kappa shape index (κ2) is 6.45. The van der Waals surface area contributed by atoms with E-state index >= 15 is 0 Å². The number of phenols is 1. The fourth-order valence-electron chi connectivity index (χ4n) is 3.67. The van der Waals surface area contributed by atoms with Gasteiger partial charge in [0.05, 0.1) is 0 Å². The normalized spacial score (nSPS) is 10.9. The van der Waals surface area contributed by atoms with E-state index in [0.29, 0.717) is 5.75 Å². The van der Waals surface area contributed by atoms with Gasteiger partial charge in [0, 0.05) is 10.9 Å². The van der Waals surface area contributed by atoms with Crippen LogP contribution in [0.15, 0.2) is 84.9 Å². The SMILES string of the molecule is CCc1c(-c2ccccc2)c(-c2ccccc2)c(O)c2ccccc12. The summed E-state index contributed by atoms with van der Waals surface area (Å²) in [6.07, 6.45) is 0.908. The van der Waals surface area contributed by atoms with Crippen molar-refractivity contribution in [3.05, 3.63) is 90.5 Å². The Bertz CT molecular complexity index is 1020. The van der Waals surface area contributed by atoms with Crippen molar-refractivity contribution >= 4 is 10.8 Å². The first-order valence-corrected chi connectivity index (χ1v) is 8.68. The van der Waals surface area contributed by atoms with E-state index in [1.54, 1.807) is 0 Å². The highest BCUT2D eigenvalue weighted by Gasteiger charge is 2.20. The minimum atomic E-state index is 0.359. The third-order valence-electron chi connectivity index (χ3n) is 4.77. The zero-order chi connectivity index (χ0) is 17.2. The molecule has 4 aromatic carbocycles. The highest BCUT2D eigenvalue weighted by molar-refractivity contribution is 6.05. The molecule has 0 unspecified atom stereocenters. The third-order valence-corrected chi connectivity index (χ3v) is 4.77. The molecule has 0 aromatic heterocycles. The number of benzene rings is 4. The number of phenolic OH excluding ortho intramolecular Hbond substituents is 1. The molecule has 0 aliphatic heterocycles. The van der Waals surface area contributed by atoms with E-state index in [1.165, 1.54) is 5.56 Å². The number of hydrogen-bond acceptors (Lipinski definition) is 1. The van der Waals surface area contributed by atoms with Gasteiger partial charge in [-0.25, -0.2) is 0 Å². The topological polar surface area (TPSA) is 20.2 Å². The Morgan fingerprint density at radius 1 is 0.600 bits per heavy atom. The Morgan fingerprint density at radius 3 is 1.64 bits per heavy atom. The van der Waals surface area contributed by atoms with Gasteiger partial charge in [0.25, 0.3) is 0 Å². The number of fused-ring (bicyclic) bond motifs is 1. The summed E-state index contributed by atoms with van der Waals surface area (Å²) < 4.78 is 0. The fourth-order valence-corrected chi connectivity index (χ4v) is 3.67. The Hall–Kier alpha value is -3.06. The predicted molar refractivity (Wildman–Crippen MR) is 106 cm³/mol. The summed E-state index contributed by atoms with van der Waals surface area (Å²) in [5, 5.41) is 13.2. The monoisotopic (exact) mass is 324 g/mol. The smallest absolute Gasteiger partial charge is 0.131 e. The van der Waals surface area contributed by atoms with Gasteiger partial charge in [0.1, 0.15) is 5.75 Å². The van der Waals surface area contributed by atoms with Gasteiger partial charge in [0.15, 0.2) is 0 Å². The molecule has 0 amide bonds. The van der Waals surface area contributed by atoms with Crippen LogP contribution in [0.3, 0.4) is 0 Å². The second-order valence-electron chi connectivity index (χ2n) is 6.21. The number of hydrogen-bond donors (Lipinski definition) is 1. The fraction of sp³-hybridized carbons (Fsp3) is 0.0833. The van der Waals surface area contributed by atoms with Crippen LogP contribution in [0.1, 0.15) is 12.5 Å². The lowest BCUT2D eigenvalue weighted by molar-refractivity contribution is 0.483. The Kier molecular flexibility index (Phi) is 3.99. The first kappa shape index (κ1) is 15.5. The van der Waals surface area contributed by atoms with Crippen molar-refractivity contribution in [1.82, 2.24) is 0 Å². The standard InChI is InChI=1S/C24H20O/c1-2-19-20-15-9-10-16-21(20)24(25)23(18-13-7-4-8-14-18)22(19)17-11-5-3-6-12-17/h3-16,25H,2H2,1H3. The molecule has 4 aromatic rings. The maximum atomic E-state index is 11.2. The lowest BCUT2D eigenvalue weighted by atomic mass is 9.85. The molecule has 0 spiro atoms. The molecule has 0 heterocycles. The molecule has 0 fully saturated rings. The van der Waals surface area contributed by atoms with E-state index in [2.05, 4.69) is 49.4 Å². The summed E-state index contributed by atoms with van der Waals surface area (Å²) in [5.74, 6) is 0.359. The molecule has 1 N–H and O–H groups in total. The van der Waals surface area contributed by atoms with E-state index in [-0.39, 0.29) is 0 Å². The summed E-state index contributed by atoms with van der Waals surface area (Å²) in [7, 11) is 0. The van der Waals surface area contributed by atoms with Crippen LogP contribution < -0.4 is 0 Å². The van der Waals surface area contributed by atoms with Gasteiger partial charge in [-0.15, -0.1) is 0 Å². The van der Waals surface area contributed by atoms with E-state index in [0.717, 1.165) is 39.4 Å². The van der Waals surface area contributed by atoms with Crippen LogP contribution in [0.25, 0.3) is 33.0 Å². The van der Waals surface area contributed by atoms with Gasteiger partial charge in [0.2, 0.25) is 0 Å². The number of aryl methyl sites for hydroxylation is 1. The lowest BCUT2D eigenvalue weighted by Gasteiger charge is -2.20. The van der Waals surface area contributed by atoms with Crippen molar-refractivity contribution < 1.29 is 5.11 Å². The largest absolute Gasteiger partial charge is 0.507 e. The molecule has 1 nitrogen and oxygen atoms in total. The van der Waals surface area contributed by atoms with Crippen LogP contribution >= 0.6 is 0 Å². The van der Waals surface area contributed by atoms with Crippen molar-refractivity contribution in [3.63, 3.8) is 0 Å². The highest BCUT2D eigenvalue weighted by Crippen LogP contribution is 2.46. The molecular formula is C24H20O. The van der Waals surface area contributed by atoms with Crippen LogP contribution in [-0.4, -0.2) is 5.11 Å². The maximum Gasteiger partial charge on any atom is 0.131 e. The van der Waals surface area contributed by atoms with Crippen LogP contribution in [0.4, 0.5) is 0 Å². The molecule has 0 radical (unpaired) electrons. The predicted octanol–water partition coefficient (Wildman–Crippen LogP) is 6.44. The van der Waals surface area contributed by atoms with Gasteiger partial charge >= 0.3 is 0 Å². The first-order valence-electron chi connectivity index (χ1n) is 8.68. The van der Waals surface area contributed by atoms with Gasteiger partial charge in [-0.1, -0.05) is 91.9 Å². The van der Waals surface area contributed by atoms with Crippen molar-refractivity contribution in [3.8, 4) is 28.0 Å². The Balaban J connectivity index is 2.20. The molecular weight excluding hydrogens is 304 g/mol. The third kappa shape index (κ3) is 2.58. The summed E-state index contributed by atoms with van der Waals surface area (Å²) in [5.41, 5.74) is 5.50. The quantitative estimate of drug-likeness (QED) is 0.459. The van der Waals surface area contributed by atoms with Gasteiger partial charge in [-0.3, -0.25) is 0 Å². The molecule has 122 valence electrons. The van der Waals surface area contributed by atoms with Crippen molar-refractivity contribution in [1.29, 1.82) is 0 Å². The minimum Gasteiger partial charge on any atom is -0.507 e. The second-order valence-corrected chi connectivity index (χ2v) is 6.21. The van der Waals surface area contributed by atoms with Crippen LogP contribution in [0.2, 0.25) is 0 Å². The first-order chi connectivity index (χ1) is 12.3. The Morgan fingerprint density at radius 2 is 1.08 bits per heavy atom. The average molecular weight is 324 g/mol. The van der Waals surface area contributed by atoms with Gasteiger partial charge in [-0.05, 0) is 34.1 Å². The molecule has 0 aliphatic carbocycles. The molecule has 1 heteroatoms. The van der Waals surface area contributed by atoms with Crippen molar-refractivity contribution in [2.24, 2.45) is 0 Å². The van der Waals surface area contributed by atoms with Gasteiger partial charge < -0.3 is 5.11 Å². The van der Waals surface area contributed by atoms with E-state index < -0.39 is 0 Å². The molecule has 4 rings (SSSR count). The lowest BCUT2D eigenvalue weighted by Crippen LogP contribution is -1.96. The van der Waals surface area contributed by atoms with E-state index in [4.69, 9.17) is 0 Å². The summed E-state index contributed by atoms with van der Waals surface area (Å²) in [6, 6.07) is 28.7. The zero-order valence-electron chi connectivity index (χ0n) is 14.2. The minimum absolute atomic E-state index is 0.359. The molecule has 0 atom stereocenters. The molecule has 0 bridgehead atoms. The molecule has 0 saturated heterocycles. The average Bonchev–Trinajstić information content (AvgIpc) is 2.69. The number of rotatable bonds is 3. The van der Waals surface area contributed by atoms with Crippen LogP contribution in [0, 0.1) is 0 Å². The molecule has 0 aliphatic rings. The van der Waals surface area contributed by atoms with E-state index in [9.17, 15) is 5.11 Å². The summed E-state index contributed by atoms with van der Waals surface area (Å²) >= 11 is 0. The zero-order valence-corrected chi connectivity index (χ0v) is 14.2. The Labute approximate surface area is 148 Å². The van der Waals surface area contributed by atoms with E-state index in [1.807, 2.05) is 42.5 Å². The van der Waals surface area contributed by atoms with Crippen molar-refractivity contribution in [2.75, 3.05) is 0 Å². The summed E-state index contributed by atoms with van der Waals surface area (Å²) in [4.78, 5) is 0. The van der Waals surface area contributed by atoms with Crippen LogP contribution in [-0.2, 0) is 6.42 Å². The number of aromatic hydroxyl groups is 1. The molecule has 0 saturated carbocycles. The highest BCUT2D eigenvalue weighted by atomic mass is 16.3.